The molecule has 1 aliphatic rings. The van der Waals surface area contributed by atoms with Gasteiger partial charge in [-0.15, -0.1) is 0 Å². The van der Waals surface area contributed by atoms with Gasteiger partial charge in [-0.1, -0.05) is 24.8 Å². The van der Waals surface area contributed by atoms with Crippen molar-refractivity contribution in [2.45, 2.75) is 6.61 Å². The lowest BCUT2D eigenvalue weighted by Gasteiger charge is -2.34. The molecule has 9 heteroatoms. The van der Waals surface area contributed by atoms with Gasteiger partial charge in [0.2, 0.25) is 11.8 Å². The van der Waals surface area contributed by atoms with Crippen molar-refractivity contribution < 1.29 is 28.7 Å². The Balaban J connectivity index is 1.49. The third-order valence-corrected chi connectivity index (χ3v) is 5.18. The monoisotopic (exact) mass is 439 g/mol. The number of methoxy groups -OCH3 is 1. The number of ether oxygens (including phenoxy) is 2. The minimum absolute atomic E-state index is 0.0988. The Morgan fingerprint density at radius 3 is 2.34 bits per heavy atom. The van der Waals surface area contributed by atoms with E-state index >= 15 is 0 Å². The van der Waals surface area contributed by atoms with Crippen molar-refractivity contribution in [3.8, 4) is 0 Å². The summed E-state index contributed by atoms with van der Waals surface area (Å²) in [6.45, 7) is 4.80. The molecule has 168 valence electrons. The maximum absolute atomic E-state index is 12.4. The molecule has 3 rings (SSSR count). The molecule has 0 saturated carbocycles. The number of benzene rings is 2. The maximum Gasteiger partial charge on any atom is 0.410 e. The average molecular weight is 439 g/mol. The second kappa shape index (κ2) is 10.4. The highest BCUT2D eigenvalue weighted by molar-refractivity contribution is 5.95. The standard InChI is InChI=1S/C23H25N3O6/c1-3-20(27)24-14-21(28)25-8-10-26(11-9-25)23(30)32-15-16-4-5-18-13-19(22(29)31-2)7-6-17(18)12-16/h3-7,12-13H,1,8-11,14-15H2,2H3,(H,24,27). The molecule has 3 amide bonds. The van der Waals surface area contributed by atoms with Gasteiger partial charge >= 0.3 is 12.1 Å². The summed E-state index contributed by atoms with van der Waals surface area (Å²) < 4.78 is 10.2. The Kier molecular flexibility index (Phi) is 7.43. The molecular formula is C23H25N3O6. The summed E-state index contributed by atoms with van der Waals surface area (Å²) in [5.41, 5.74) is 1.29. The van der Waals surface area contributed by atoms with E-state index in [2.05, 4.69) is 11.9 Å². The third-order valence-electron chi connectivity index (χ3n) is 5.18. The SMILES string of the molecule is C=CC(=O)NCC(=O)N1CCN(C(=O)OCc2ccc3cc(C(=O)OC)ccc3c2)CC1. The van der Waals surface area contributed by atoms with Gasteiger partial charge in [-0.2, -0.15) is 0 Å². The zero-order chi connectivity index (χ0) is 23.1. The van der Waals surface area contributed by atoms with Crippen LogP contribution in [0.2, 0.25) is 0 Å². The molecule has 32 heavy (non-hydrogen) atoms. The lowest BCUT2D eigenvalue weighted by atomic mass is 10.0. The van der Waals surface area contributed by atoms with Crippen molar-refractivity contribution in [2.24, 2.45) is 0 Å². The topological polar surface area (TPSA) is 105 Å². The van der Waals surface area contributed by atoms with Crippen molar-refractivity contribution in [3.63, 3.8) is 0 Å². The number of nitrogens with one attached hydrogen (secondary N) is 1. The van der Waals surface area contributed by atoms with Gasteiger partial charge in [0.05, 0.1) is 19.2 Å². The van der Waals surface area contributed by atoms with E-state index in [1.807, 2.05) is 24.3 Å². The van der Waals surface area contributed by atoms with E-state index in [4.69, 9.17) is 9.47 Å². The first-order valence-corrected chi connectivity index (χ1v) is 10.1. The normalized spacial score (nSPS) is 13.4. The molecular weight excluding hydrogens is 414 g/mol. The Bertz CT molecular complexity index is 1040. The Labute approximate surface area is 185 Å². The van der Waals surface area contributed by atoms with Crippen LogP contribution in [0, 0.1) is 0 Å². The zero-order valence-electron chi connectivity index (χ0n) is 17.8. The van der Waals surface area contributed by atoms with Crippen LogP contribution in [0.1, 0.15) is 15.9 Å². The quantitative estimate of drug-likeness (QED) is 0.543. The van der Waals surface area contributed by atoms with Crippen molar-refractivity contribution in [3.05, 3.63) is 60.2 Å². The molecule has 1 N–H and O–H groups in total. The largest absolute Gasteiger partial charge is 0.465 e. The third kappa shape index (κ3) is 5.63. The molecule has 0 spiro atoms. The lowest BCUT2D eigenvalue weighted by molar-refractivity contribution is -0.133. The number of piperazine rings is 1. The summed E-state index contributed by atoms with van der Waals surface area (Å²) in [6.07, 6.45) is 0.661. The molecule has 2 aromatic rings. The zero-order valence-corrected chi connectivity index (χ0v) is 17.8. The van der Waals surface area contributed by atoms with Gasteiger partial charge in [0.25, 0.3) is 0 Å². The smallest absolute Gasteiger partial charge is 0.410 e. The Morgan fingerprint density at radius 2 is 1.66 bits per heavy atom. The van der Waals surface area contributed by atoms with Gasteiger partial charge in [0, 0.05) is 26.2 Å². The fraction of sp³-hybridized carbons (Fsp3) is 0.304. The van der Waals surface area contributed by atoms with E-state index < -0.39 is 18.0 Å². The van der Waals surface area contributed by atoms with Gasteiger partial charge in [-0.25, -0.2) is 9.59 Å². The number of nitrogens with zero attached hydrogens (tertiary/aromatic N) is 2. The maximum atomic E-state index is 12.4. The predicted octanol–water partition coefficient (Wildman–Crippen LogP) is 1.71. The van der Waals surface area contributed by atoms with Crippen molar-refractivity contribution in [1.82, 2.24) is 15.1 Å². The van der Waals surface area contributed by atoms with E-state index in [0.29, 0.717) is 31.7 Å². The first-order chi connectivity index (χ1) is 15.4. The molecule has 0 atom stereocenters. The Hall–Kier alpha value is -3.88. The highest BCUT2D eigenvalue weighted by atomic mass is 16.6. The molecule has 9 nitrogen and oxygen atoms in total. The number of amides is 3. The van der Waals surface area contributed by atoms with E-state index in [1.165, 1.54) is 7.11 Å². The van der Waals surface area contributed by atoms with Crippen molar-refractivity contribution >= 4 is 34.6 Å². The first kappa shape index (κ1) is 22.8. The summed E-state index contributed by atoms with van der Waals surface area (Å²) in [7, 11) is 1.34. The first-order valence-electron chi connectivity index (χ1n) is 10.1. The van der Waals surface area contributed by atoms with Crippen LogP contribution in [0.3, 0.4) is 0 Å². The van der Waals surface area contributed by atoms with Crippen LogP contribution < -0.4 is 5.32 Å². The molecule has 0 radical (unpaired) electrons. The van der Waals surface area contributed by atoms with Gasteiger partial charge < -0.3 is 24.6 Å². The lowest BCUT2D eigenvalue weighted by Crippen LogP contribution is -2.52. The predicted molar refractivity (Wildman–Crippen MR) is 117 cm³/mol. The highest BCUT2D eigenvalue weighted by Crippen LogP contribution is 2.19. The second-order valence-electron chi connectivity index (χ2n) is 7.23. The Morgan fingerprint density at radius 1 is 1.00 bits per heavy atom. The van der Waals surface area contributed by atoms with Crippen molar-refractivity contribution in [2.75, 3.05) is 39.8 Å². The minimum atomic E-state index is -0.446. The van der Waals surface area contributed by atoms with Crippen LogP contribution in [-0.2, 0) is 25.7 Å². The number of carbonyl (C=O) groups is 4. The fourth-order valence-electron chi connectivity index (χ4n) is 3.35. The number of esters is 1. The number of rotatable bonds is 6. The van der Waals surface area contributed by atoms with Gasteiger partial charge in [0.15, 0.2) is 0 Å². The van der Waals surface area contributed by atoms with Crippen LogP contribution in [0.5, 0.6) is 0 Å². The van der Waals surface area contributed by atoms with Crippen LogP contribution in [0.25, 0.3) is 10.8 Å². The second-order valence-corrected chi connectivity index (χ2v) is 7.23. The summed E-state index contributed by atoms with van der Waals surface area (Å²) in [5.74, 6) is -1.01. The molecule has 2 aromatic carbocycles. The van der Waals surface area contributed by atoms with E-state index in [0.717, 1.165) is 22.4 Å². The molecule has 1 heterocycles. The van der Waals surface area contributed by atoms with E-state index in [1.54, 1.807) is 21.9 Å². The molecule has 0 bridgehead atoms. The summed E-state index contributed by atoms with van der Waals surface area (Å²) in [6, 6.07) is 10.9. The number of carbonyl (C=O) groups excluding carboxylic acids is 4. The molecule has 1 aliphatic heterocycles. The van der Waals surface area contributed by atoms with Gasteiger partial charge in [-0.05, 0) is 40.6 Å². The van der Waals surface area contributed by atoms with E-state index in [-0.39, 0.29) is 19.1 Å². The minimum Gasteiger partial charge on any atom is -0.465 e. The fourth-order valence-corrected chi connectivity index (χ4v) is 3.35. The van der Waals surface area contributed by atoms with Crippen LogP contribution in [0.15, 0.2) is 49.1 Å². The van der Waals surface area contributed by atoms with Crippen LogP contribution in [-0.4, -0.2) is 73.5 Å². The number of hydrogen-bond acceptors (Lipinski definition) is 6. The molecule has 0 aromatic heterocycles. The summed E-state index contributed by atoms with van der Waals surface area (Å²) in [4.78, 5) is 50.5. The average Bonchev–Trinajstić information content (AvgIpc) is 2.84. The highest BCUT2D eigenvalue weighted by Gasteiger charge is 2.25. The molecule has 0 aliphatic carbocycles. The van der Waals surface area contributed by atoms with Gasteiger partial charge in [-0.3, -0.25) is 9.59 Å². The summed E-state index contributed by atoms with van der Waals surface area (Å²) >= 11 is 0. The molecule has 0 unspecified atom stereocenters. The number of hydrogen-bond donors (Lipinski definition) is 1. The van der Waals surface area contributed by atoms with Crippen LogP contribution in [0.4, 0.5) is 4.79 Å². The summed E-state index contributed by atoms with van der Waals surface area (Å²) in [5, 5.41) is 4.25. The van der Waals surface area contributed by atoms with Crippen LogP contribution >= 0.6 is 0 Å². The van der Waals surface area contributed by atoms with Crippen molar-refractivity contribution in [1.29, 1.82) is 0 Å². The molecule has 1 saturated heterocycles. The molecule has 1 fully saturated rings. The van der Waals surface area contributed by atoms with Gasteiger partial charge in [0.1, 0.15) is 6.61 Å². The van der Waals surface area contributed by atoms with E-state index in [9.17, 15) is 19.2 Å². The number of fused-ring (bicyclic) bond motifs is 1.